The van der Waals surface area contributed by atoms with Gasteiger partial charge in [0, 0.05) is 30.9 Å². The summed E-state index contributed by atoms with van der Waals surface area (Å²) in [6.07, 6.45) is -2.68. The largest absolute Gasteiger partial charge is 0.779 e. The summed E-state index contributed by atoms with van der Waals surface area (Å²) >= 11 is 0. The summed E-state index contributed by atoms with van der Waals surface area (Å²) in [4.78, 5) is 107. The predicted octanol–water partition coefficient (Wildman–Crippen LogP) is -3.19. The van der Waals surface area contributed by atoms with Crippen LogP contribution in [0.25, 0.3) is 0 Å². The maximum Gasteiger partial charge on any atom is 0.325 e. The van der Waals surface area contributed by atoms with Gasteiger partial charge in [0.2, 0.25) is 0 Å². The van der Waals surface area contributed by atoms with E-state index in [0.717, 1.165) is 0 Å². The summed E-state index contributed by atoms with van der Waals surface area (Å²) in [6, 6.07) is 0. The van der Waals surface area contributed by atoms with E-state index in [-0.39, 0.29) is 69.9 Å². The van der Waals surface area contributed by atoms with E-state index in [1.165, 1.54) is 0 Å². The minimum Gasteiger partial charge on any atom is -0.779 e. The maximum absolute atomic E-state index is 10.1. The molecule has 0 aliphatic heterocycles. The van der Waals surface area contributed by atoms with E-state index < -0.39 is 60.4 Å². The molecule has 0 saturated heterocycles. The Kier molecular flexibility index (Phi) is 26.2. The van der Waals surface area contributed by atoms with Gasteiger partial charge in [-0.3, -0.25) is 23.3 Å². The summed E-state index contributed by atoms with van der Waals surface area (Å²) in [5.74, 6) is -4.66. The van der Waals surface area contributed by atoms with Crippen LogP contribution in [-0.4, -0.2) is 93.0 Å². The first-order chi connectivity index (χ1) is 17.7. The molecule has 20 nitrogen and oxygen atoms in total. The Labute approximate surface area is 227 Å². The predicted molar refractivity (Wildman–Crippen MR) is 128 cm³/mol. The molecule has 0 aromatic rings. The van der Waals surface area contributed by atoms with Crippen LogP contribution in [0.1, 0.15) is 51.4 Å². The number of aliphatic carboxylic acids is 4. The third kappa shape index (κ3) is 65.5. The molecule has 0 aromatic carbocycles. The molecule has 0 aliphatic carbocycles. The fraction of sp³-hybridized carbons (Fsp3) is 0.750. The number of carbonyl (C=O) groups excluding carboxylic acids is 2. The Hall–Kier alpha value is -1.52. The second-order valence-corrected chi connectivity index (χ2v) is 14.5. The highest BCUT2D eigenvalue weighted by molar-refractivity contribution is 7.52. The van der Waals surface area contributed by atoms with Gasteiger partial charge in [0.25, 0.3) is 0 Å². The van der Waals surface area contributed by atoms with Crippen LogP contribution in [-0.2, 0) is 37.4 Å². The van der Waals surface area contributed by atoms with E-state index in [0.29, 0.717) is 0 Å². The van der Waals surface area contributed by atoms with E-state index in [9.17, 15) is 52.5 Å². The van der Waals surface area contributed by atoms with Gasteiger partial charge in [-0.15, -0.1) is 0 Å². The van der Waals surface area contributed by atoms with E-state index in [1.807, 2.05) is 0 Å². The average Bonchev–Trinajstić information content (AvgIpc) is 2.64. The molecule has 0 aromatic heterocycles. The number of rotatable bonds is 16. The van der Waals surface area contributed by atoms with E-state index in [1.54, 1.807) is 0 Å². The van der Waals surface area contributed by atoms with Gasteiger partial charge in [-0.1, -0.05) is 0 Å². The Balaban J connectivity index is -0.000000216. The average molecular weight is 669 g/mol. The Morgan fingerprint density at radius 3 is 0.875 bits per heavy atom. The minimum atomic E-state index is -4.24. The quantitative estimate of drug-likeness (QED) is 0.0731. The van der Waals surface area contributed by atoms with Crippen LogP contribution in [0.2, 0.25) is 0 Å². The van der Waals surface area contributed by atoms with Crippen molar-refractivity contribution in [2.24, 2.45) is 0 Å². The van der Waals surface area contributed by atoms with E-state index in [4.69, 9.17) is 44.5 Å². The lowest BCUT2D eigenvalue weighted by atomic mass is 10.3. The van der Waals surface area contributed by atoms with Crippen LogP contribution in [0, 0.1) is 0 Å². The lowest BCUT2D eigenvalue weighted by Gasteiger charge is -2.13. The molecular weight excluding hydrogens is 636 g/mol. The van der Waals surface area contributed by atoms with Crippen molar-refractivity contribution >= 4 is 54.3 Å². The smallest absolute Gasteiger partial charge is 0.325 e. The Morgan fingerprint density at radius 1 is 0.475 bits per heavy atom. The molecule has 240 valence electrons. The van der Waals surface area contributed by atoms with Crippen LogP contribution in [0.15, 0.2) is 0 Å². The van der Waals surface area contributed by atoms with Gasteiger partial charge in [-0.2, -0.15) is 0 Å². The van der Waals surface area contributed by atoms with E-state index in [2.05, 4.69) is 0 Å². The molecule has 0 fully saturated rings. The number of carboxylic acids is 4. The summed E-state index contributed by atoms with van der Waals surface area (Å²) in [6.45, 7) is 0. The van der Waals surface area contributed by atoms with Crippen molar-refractivity contribution in [1.82, 2.24) is 0 Å². The van der Waals surface area contributed by atoms with Crippen molar-refractivity contribution in [3.63, 3.8) is 0 Å². The monoisotopic (exact) mass is 669 g/mol. The highest BCUT2D eigenvalue weighted by Crippen LogP contribution is 2.36. The molecule has 0 bridgehead atoms. The first kappa shape index (κ1) is 45.5. The molecule has 0 spiro atoms. The summed E-state index contributed by atoms with van der Waals surface area (Å²) in [5.41, 5.74) is 0. The first-order valence-corrected chi connectivity index (χ1v) is 17.8. The second kappa shape index (κ2) is 23.1. The molecule has 0 radical (unpaired) electrons. The van der Waals surface area contributed by atoms with Gasteiger partial charge in [0.1, 0.15) is 7.60 Å². The topological polar surface area (TPSA) is 388 Å². The van der Waals surface area contributed by atoms with Crippen molar-refractivity contribution in [2.75, 3.05) is 24.6 Å². The van der Waals surface area contributed by atoms with E-state index >= 15 is 0 Å². The standard InChI is InChI=1S/4C4H9O5P/c4*5-4(6)2-1-3-10(7,8)9/h4*1-3H2,(H,5,6)(H2,7,8,9)/p-3. The van der Waals surface area contributed by atoms with Gasteiger partial charge in [-0.25, -0.2) is 0 Å². The summed E-state index contributed by atoms with van der Waals surface area (Å²) < 4.78 is 40.3. The van der Waals surface area contributed by atoms with Crippen LogP contribution < -0.4 is 15.1 Å². The number of carbonyl (C=O) groups is 4. The Bertz CT molecular complexity index is 788. The maximum atomic E-state index is 10.1. The minimum absolute atomic E-state index is 0.0274. The van der Waals surface area contributed by atoms with Crippen LogP contribution in [0.5, 0.6) is 0 Å². The summed E-state index contributed by atoms with van der Waals surface area (Å²) in [5, 5.41) is 35.5. The highest BCUT2D eigenvalue weighted by Gasteiger charge is 2.13. The van der Waals surface area contributed by atoms with Gasteiger partial charge in [-0.05, 0) is 38.5 Å². The van der Waals surface area contributed by atoms with Crippen molar-refractivity contribution in [3.8, 4) is 0 Å². The zero-order valence-electron chi connectivity index (χ0n) is 20.8. The zero-order chi connectivity index (χ0) is 32.8. The molecular formula is C16H33O20P4-3. The molecule has 24 heteroatoms. The fourth-order valence-electron chi connectivity index (χ4n) is 1.73. The molecule has 1 unspecified atom stereocenters. The third-order valence-electron chi connectivity index (χ3n) is 3.33. The fourth-order valence-corrected chi connectivity index (χ4v) is 3.99. The molecule has 40 heavy (non-hydrogen) atoms. The molecule has 0 rings (SSSR count). The first-order valence-electron chi connectivity index (χ1n) is 10.7. The number of carboxylic acid groups (broad SMARTS) is 4. The molecule has 0 aliphatic rings. The van der Waals surface area contributed by atoms with Gasteiger partial charge < -0.3 is 73.7 Å². The highest BCUT2D eigenvalue weighted by atomic mass is 31.2. The number of hydrogen-bond donors (Lipinski definition) is 9. The Morgan fingerprint density at radius 2 is 0.700 bits per heavy atom. The van der Waals surface area contributed by atoms with Gasteiger partial charge in [0.05, 0.1) is 18.5 Å². The third-order valence-corrected chi connectivity index (χ3v) is 6.91. The number of hydrogen-bond acceptors (Lipinski definition) is 11. The van der Waals surface area contributed by atoms with Crippen molar-refractivity contribution < 1.29 is 97.0 Å². The SMILES string of the molecule is O=C(O)CCCP(=O)(O)O.O=C(O)CCCP(=O)([O-])O.O=C([O-])CCCP(=O)(O)O.O=C([O-])CCCP(=O)(O)O. The van der Waals surface area contributed by atoms with Gasteiger partial charge in [0.15, 0.2) is 0 Å². The zero-order valence-corrected chi connectivity index (χ0v) is 24.4. The second-order valence-electron chi connectivity index (χ2n) is 7.47. The van der Waals surface area contributed by atoms with Gasteiger partial charge >= 0.3 is 34.7 Å². The lowest BCUT2D eigenvalue weighted by Crippen LogP contribution is -2.21. The van der Waals surface area contributed by atoms with Crippen molar-refractivity contribution in [1.29, 1.82) is 0 Å². The summed E-state index contributed by atoms with van der Waals surface area (Å²) in [7, 11) is -16.2. The molecule has 9 N–H and O–H groups in total. The van der Waals surface area contributed by atoms with Crippen LogP contribution >= 0.6 is 30.4 Å². The van der Waals surface area contributed by atoms with Crippen molar-refractivity contribution in [3.05, 3.63) is 0 Å². The van der Waals surface area contributed by atoms with Crippen LogP contribution in [0.4, 0.5) is 0 Å². The molecule has 0 saturated carbocycles. The normalized spacial score (nSPS) is 12.6. The van der Waals surface area contributed by atoms with Crippen LogP contribution in [0.3, 0.4) is 0 Å². The molecule has 0 heterocycles. The van der Waals surface area contributed by atoms with Crippen molar-refractivity contribution in [2.45, 2.75) is 51.4 Å². The lowest BCUT2D eigenvalue weighted by molar-refractivity contribution is -0.307. The molecule has 1 atom stereocenters. The molecule has 0 amide bonds.